The highest BCUT2D eigenvalue weighted by atomic mass is 16.4. The van der Waals surface area contributed by atoms with E-state index in [-0.39, 0.29) is 0 Å². The molecule has 0 saturated heterocycles. The molecule has 0 bridgehead atoms. The van der Waals surface area contributed by atoms with E-state index < -0.39 is 12.0 Å². The van der Waals surface area contributed by atoms with Crippen molar-refractivity contribution < 1.29 is 18.7 Å². The molecule has 1 unspecified atom stereocenters. The molecule has 3 N–H and O–H groups in total. The van der Waals surface area contributed by atoms with E-state index in [0.29, 0.717) is 22.1 Å². The van der Waals surface area contributed by atoms with Crippen LogP contribution in [0.3, 0.4) is 0 Å². The van der Waals surface area contributed by atoms with Crippen LogP contribution in [0.5, 0.6) is 0 Å². The predicted octanol–water partition coefficient (Wildman–Crippen LogP) is 2.26. The number of benzene rings is 1. The molecular formula is C12H9NO4. The normalized spacial score (nSPS) is 13.2. The zero-order valence-electron chi connectivity index (χ0n) is 8.71. The summed E-state index contributed by atoms with van der Waals surface area (Å²) in [7, 11) is 0. The third kappa shape index (κ3) is 1.33. The van der Waals surface area contributed by atoms with Gasteiger partial charge in [-0.05, 0) is 18.2 Å². The highest BCUT2D eigenvalue weighted by Gasteiger charge is 2.23. The van der Waals surface area contributed by atoms with E-state index in [4.69, 9.17) is 19.7 Å². The molecule has 1 aromatic carbocycles. The number of fused-ring (bicyclic) bond motifs is 2. The van der Waals surface area contributed by atoms with Gasteiger partial charge in [-0.3, -0.25) is 4.79 Å². The monoisotopic (exact) mass is 231 g/mol. The summed E-state index contributed by atoms with van der Waals surface area (Å²) in [6.45, 7) is 0. The van der Waals surface area contributed by atoms with Crippen LogP contribution >= 0.6 is 0 Å². The highest BCUT2D eigenvalue weighted by molar-refractivity contribution is 6.01. The fourth-order valence-electron chi connectivity index (χ4n) is 2.00. The summed E-state index contributed by atoms with van der Waals surface area (Å²) in [5.74, 6) is -1.10. The van der Waals surface area contributed by atoms with Crippen molar-refractivity contribution in [3.8, 4) is 0 Å². The summed E-state index contributed by atoms with van der Waals surface area (Å²) in [5.41, 5.74) is 7.23. The minimum atomic E-state index is -1.13. The van der Waals surface area contributed by atoms with E-state index in [0.717, 1.165) is 5.39 Å². The molecule has 0 radical (unpaired) electrons. The Labute approximate surface area is 95.4 Å². The van der Waals surface area contributed by atoms with Crippen LogP contribution in [-0.4, -0.2) is 11.1 Å². The van der Waals surface area contributed by atoms with Gasteiger partial charge in [0, 0.05) is 16.3 Å². The van der Waals surface area contributed by atoms with Crippen LogP contribution in [-0.2, 0) is 4.79 Å². The van der Waals surface area contributed by atoms with E-state index in [1.165, 1.54) is 12.5 Å². The second kappa shape index (κ2) is 3.36. The Hall–Kier alpha value is -2.27. The Bertz CT molecular complexity index is 661. The molecule has 0 aliphatic heterocycles. The van der Waals surface area contributed by atoms with Crippen molar-refractivity contribution in [3.63, 3.8) is 0 Å². The van der Waals surface area contributed by atoms with Crippen LogP contribution in [0.25, 0.3) is 21.9 Å². The fourth-order valence-corrected chi connectivity index (χ4v) is 2.00. The summed E-state index contributed by atoms with van der Waals surface area (Å²) in [6.07, 6.45) is 3.00. The number of aliphatic carboxylic acids is 1. The van der Waals surface area contributed by atoms with Crippen molar-refractivity contribution in [1.82, 2.24) is 0 Å². The largest absolute Gasteiger partial charge is 0.480 e. The van der Waals surface area contributed by atoms with E-state index >= 15 is 0 Å². The van der Waals surface area contributed by atoms with Gasteiger partial charge >= 0.3 is 5.97 Å². The summed E-state index contributed by atoms with van der Waals surface area (Å²) in [5, 5.41) is 10.5. The van der Waals surface area contributed by atoms with E-state index in [9.17, 15) is 4.79 Å². The van der Waals surface area contributed by atoms with Gasteiger partial charge in [0.15, 0.2) is 0 Å². The van der Waals surface area contributed by atoms with Crippen molar-refractivity contribution in [2.24, 2.45) is 5.73 Å². The summed E-state index contributed by atoms with van der Waals surface area (Å²) >= 11 is 0. The van der Waals surface area contributed by atoms with Crippen LogP contribution in [0.15, 0.2) is 39.6 Å². The number of hydrogen-bond acceptors (Lipinski definition) is 4. The predicted molar refractivity (Wildman–Crippen MR) is 60.6 cm³/mol. The van der Waals surface area contributed by atoms with Gasteiger partial charge in [-0.15, -0.1) is 0 Å². The highest BCUT2D eigenvalue weighted by Crippen LogP contribution is 2.33. The van der Waals surface area contributed by atoms with Crippen molar-refractivity contribution in [3.05, 3.63) is 36.3 Å². The third-order valence-corrected chi connectivity index (χ3v) is 2.79. The van der Waals surface area contributed by atoms with Crippen LogP contribution in [0.1, 0.15) is 11.6 Å². The zero-order valence-corrected chi connectivity index (χ0v) is 8.71. The van der Waals surface area contributed by atoms with Crippen LogP contribution < -0.4 is 5.73 Å². The number of furan rings is 2. The first-order chi connectivity index (χ1) is 8.18. The maximum absolute atomic E-state index is 11.0. The van der Waals surface area contributed by atoms with Crippen LogP contribution in [0.4, 0.5) is 0 Å². The van der Waals surface area contributed by atoms with E-state index in [2.05, 4.69) is 0 Å². The molecule has 86 valence electrons. The average Bonchev–Trinajstić information content (AvgIpc) is 2.91. The summed E-state index contributed by atoms with van der Waals surface area (Å²) in [6, 6.07) is 4.10. The lowest BCUT2D eigenvalue weighted by atomic mass is 10.0. The van der Waals surface area contributed by atoms with E-state index in [1.54, 1.807) is 18.2 Å². The Morgan fingerprint density at radius 1 is 1.29 bits per heavy atom. The molecule has 0 amide bonds. The van der Waals surface area contributed by atoms with Crippen molar-refractivity contribution >= 4 is 27.9 Å². The molecular weight excluding hydrogens is 222 g/mol. The number of nitrogens with two attached hydrogens (primary N) is 1. The minimum Gasteiger partial charge on any atom is -0.480 e. The Balaban J connectivity index is 2.45. The quantitative estimate of drug-likeness (QED) is 0.706. The second-order valence-corrected chi connectivity index (χ2v) is 3.78. The molecule has 3 aromatic rings. The molecule has 0 saturated carbocycles. The lowest BCUT2D eigenvalue weighted by Crippen LogP contribution is -2.21. The van der Waals surface area contributed by atoms with Crippen LogP contribution in [0.2, 0.25) is 0 Å². The number of carboxylic acid groups (broad SMARTS) is 1. The molecule has 0 aliphatic carbocycles. The van der Waals surface area contributed by atoms with Crippen molar-refractivity contribution in [2.75, 3.05) is 0 Å². The summed E-state index contributed by atoms with van der Waals surface area (Å²) in [4.78, 5) is 11.0. The first-order valence-electron chi connectivity index (χ1n) is 5.04. The second-order valence-electron chi connectivity index (χ2n) is 3.78. The van der Waals surface area contributed by atoms with Gasteiger partial charge in [-0.25, -0.2) is 0 Å². The molecule has 17 heavy (non-hydrogen) atoms. The minimum absolute atomic E-state index is 0.448. The van der Waals surface area contributed by atoms with Gasteiger partial charge in [0.05, 0.1) is 12.5 Å². The fraction of sp³-hybridized carbons (Fsp3) is 0.0833. The zero-order chi connectivity index (χ0) is 12.0. The third-order valence-electron chi connectivity index (χ3n) is 2.79. The van der Waals surface area contributed by atoms with Gasteiger partial charge < -0.3 is 19.7 Å². The van der Waals surface area contributed by atoms with Gasteiger partial charge in [0.25, 0.3) is 0 Å². The number of rotatable bonds is 2. The topological polar surface area (TPSA) is 89.6 Å². The smallest absolute Gasteiger partial charge is 0.325 e. The van der Waals surface area contributed by atoms with E-state index in [1.807, 2.05) is 0 Å². The molecule has 5 nitrogen and oxygen atoms in total. The Kier molecular flexibility index (Phi) is 1.96. The SMILES string of the molecule is NC(C(=O)O)c1c2ccoc2cc2ccoc12. The molecule has 2 aromatic heterocycles. The van der Waals surface area contributed by atoms with Gasteiger partial charge in [-0.1, -0.05) is 0 Å². The maximum Gasteiger partial charge on any atom is 0.325 e. The molecule has 0 aliphatic rings. The lowest BCUT2D eigenvalue weighted by Gasteiger charge is -2.08. The molecule has 0 fully saturated rings. The van der Waals surface area contributed by atoms with Gasteiger partial charge in [0.1, 0.15) is 17.2 Å². The van der Waals surface area contributed by atoms with Crippen molar-refractivity contribution in [1.29, 1.82) is 0 Å². The van der Waals surface area contributed by atoms with Gasteiger partial charge in [0.2, 0.25) is 0 Å². The van der Waals surface area contributed by atoms with Crippen molar-refractivity contribution in [2.45, 2.75) is 6.04 Å². The molecule has 3 rings (SSSR count). The van der Waals surface area contributed by atoms with Crippen LogP contribution in [0, 0.1) is 0 Å². The average molecular weight is 231 g/mol. The van der Waals surface area contributed by atoms with Gasteiger partial charge in [-0.2, -0.15) is 0 Å². The Morgan fingerprint density at radius 3 is 2.82 bits per heavy atom. The molecule has 1 atom stereocenters. The number of carbonyl (C=O) groups is 1. The molecule has 5 heteroatoms. The molecule has 0 spiro atoms. The maximum atomic E-state index is 11.0. The molecule has 2 heterocycles. The number of carboxylic acids is 1. The summed E-state index contributed by atoms with van der Waals surface area (Å²) < 4.78 is 10.6. The lowest BCUT2D eigenvalue weighted by molar-refractivity contribution is -0.138. The standard InChI is InChI=1S/C12H9NO4/c13-10(12(14)15)9-7-2-4-16-8(7)5-6-1-3-17-11(6)9/h1-5,10H,13H2,(H,14,15). The Morgan fingerprint density at radius 2 is 2.06 bits per heavy atom. The first-order valence-corrected chi connectivity index (χ1v) is 5.04. The first kappa shape index (κ1) is 9.92. The number of hydrogen-bond donors (Lipinski definition) is 2.